The molecule has 0 unspecified atom stereocenters. The molecule has 0 spiro atoms. The van der Waals surface area contributed by atoms with Crippen molar-refractivity contribution in [1.29, 1.82) is 0 Å². The van der Waals surface area contributed by atoms with E-state index < -0.39 is 5.82 Å². The fourth-order valence-corrected chi connectivity index (χ4v) is 1.89. The SMILES string of the molecule is COCCN(C(=O)c1ccc(F)cc1C#CCN)C(C)C. The second-order valence-corrected chi connectivity index (χ2v) is 4.78. The van der Waals surface area contributed by atoms with Crippen LogP contribution in [0.2, 0.25) is 0 Å². The summed E-state index contributed by atoms with van der Waals surface area (Å²) in [5.74, 6) is 4.78. The number of carbonyl (C=O) groups is 1. The molecular weight excluding hydrogens is 271 g/mol. The number of rotatable bonds is 5. The molecule has 4 nitrogen and oxygen atoms in total. The number of nitrogens with two attached hydrogens (primary N) is 1. The lowest BCUT2D eigenvalue weighted by atomic mass is 10.1. The van der Waals surface area contributed by atoms with Gasteiger partial charge in [0, 0.05) is 25.3 Å². The molecule has 0 heterocycles. The second-order valence-electron chi connectivity index (χ2n) is 4.78. The van der Waals surface area contributed by atoms with E-state index in [4.69, 9.17) is 10.5 Å². The van der Waals surface area contributed by atoms with Gasteiger partial charge in [0.25, 0.3) is 5.91 Å². The molecule has 0 saturated heterocycles. The van der Waals surface area contributed by atoms with Gasteiger partial charge in [-0.2, -0.15) is 0 Å². The average Bonchev–Trinajstić information content (AvgIpc) is 2.45. The Bertz CT molecular complexity index is 547. The lowest BCUT2D eigenvalue weighted by Gasteiger charge is -2.27. The van der Waals surface area contributed by atoms with Crippen LogP contribution in [0.4, 0.5) is 4.39 Å². The zero-order valence-corrected chi connectivity index (χ0v) is 12.6. The van der Waals surface area contributed by atoms with Gasteiger partial charge in [-0.15, -0.1) is 0 Å². The van der Waals surface area contributed by atoms with Gasteiger partial charge in [-0.1, -0.05) is 11.8 Å². The number of amides is 1. The van der Waals surface area contributed by atoms with Gasteiger partial charge in [0.1, 0.15) is 5.82 Å². The standard InChI is InChI=1S/C16H21FN2O2/c1-12(2)19(9-10-21-3)16(20)15-7-6-14(17)11-13(15)5-4-8-18/h6-7,11-12H,8-10,18H2,1-3H3. The molecule has 0 radical (unpaired) electrons. The highest BCUT2D eigenvalue weighted by Gasteiger charge is 2.21. The summed E-state index contributed by atoms with van der Waals surface area (Å²) in [7, 11) is 1.58. The first-order valence-electron chi connectivity index (χ1n) is 6.79. The maximum atomic E-state index is 13.4. The molecular formula is C16H21FN2O2. The van der Waals surface area contributed by atoms with E-state index in [2.05, 4.69) is 11.8 Å². The molecule has 21 heavy (non-hydrogen) atoms. The summed E-state index contributed by atoms with van der Waals surface area (Å²) in [6.07, 6.45) is 0. The number of methoxy groups -OCH3 is 1. The third-order valence-corrected chi connectivity index (χ3v) is 2.96. The highest BCUT2D eigenvalue weighted by Crippen LogP contribution is 2.15. The maximum Gasteiger partial charge on any atom is 0.255 e. The van der Waals surface area contributed by atoms with Crippen LogP contribution < -0.4 is 5.73 Å². The highest BCUT2D eigenvalue weighted by molar-refractivity contribution is 5.97. The first-order chi connectivity index (χ1) is 10.0. The zero-order valence-electron chi connectivity index (χ0n) is 12.6. The van der Waals surface area contributed by atoms with E-state index in [0.717, 1.165) is 0 Å². The van der Waals surface area contributed by atoms with E-state index in [1.54, 1.807) is 12.0 Å². The Morgan fingerprint density at radius 3 is 2.76 bits per heavy atom. The first-order valence-corrected chi connectivity index (χ1v) is 6.79. The van der Waals surface area contributed by atoms with Gasteiger partial charge in [-0.05, 0) is 32.0 Å². The Kier molecular flexibility index (Phi) is 6.86. The van der Waals surface area contributed by atoms with E-state index in [1.807, 2.05) is 13.8 Å². The van der Waals surface area contributed by atoms with Crippen molar-refractivity contribution in [2.75, 3.05) is 26.8 Å². The molecule has 0 atom stereocenters. The van der Waals surface area contributed by atoms with Gasteiger partial charge in [0.05, 0.1) is 18.7 Å². The molecule has 1 rings (SSSR count). The van der Waals surface area contributed by atoms with Crippen molar-refractivity contribution in [3.8, 4) is 11.8 Å². The van der Waals surface area contributed by atoms with Gasteiger partial charge in [-0.3, -0.25) is 4.79 Å². The minimum Gasteiger partial charge on any atom is -0.383 e. The van der Waals surface area contributed by atoms with E-state index in [-0.39, 0.29) is 18.5 Å². The van der Waals surface area contributed by atoms with Crippen LogP contribution in [0.1, 0.15) is 29.8 Å². The molecule has 0 aromatic heterocycles. The summed E-state index contributed by atoms with van der Waals surface area (Å²) >= 11 is 0. The van der Waals surface area contributed by atoms with Crippen LogP contribution in [0.3, 0.4) is 0 Å². The fraction of sp³-hybridized carbons (Fsp3) is 0.438. The molecule has 1 aromatic rings. The molecule has 0 fully saturated rings. The highest BCUT2D eigenvalue weighted by atomic mass is 19.1. The Labute approximate surface area is 125 Å². The summed E-state index contributed by atoms with van der Waals surface area (Å²) in [4.78, 5) is 14.3. The van der Waals surface area contributed by atoms with E-state index in [1.165, 1.54) is 18.2 Å². The molecule has 1 aromatic carbocycles. The lowest BCUT2D eigenvalue weighted by molar-refractivity contribution is 0.0634. The Balaban J connectivity index is 3.14. The van der Waals surface area contributed by atoms with E-state index >= 15 is 0 Å². The number of halogens is 1. The number of hydrogen-bond acceptors (Lipinski definition) is 3. The van der Waals surface area contributed by atoms with Crippen molar-refractivity contribution in [1.82, 2.24) is 4.90 Å². The molecule has 0 aliphatic rings. The van der Waals surface area contributed by atoms with Crippen LogP contribution in [0.15, 0.2) is 18.2 Å². The summed E-state index contributed by atoms with van der Waals surface area (Å²) < 4.78 is 18.4. The number of hydrogen-bond donors (Lipinski definition) is 1. The van der Waals surface area contributed by atoms with Crippen LogP contribution in [-0.2, 0) is 4.74 Å². The minimum absolute atomic E-state index is 0.00743. The molecule has 114 valence electrons. The van der Waals surface area contributed by atoms with Gasteiger partial charge in [-0.25, -0.2) is 4.39 Å². The molecule has 0 bridgehead atoms. The second kappa shape index (κ2) is 8.40. The zero-order chi connectivity index (χ0) is 15.8. The van der Waals surface area contributed by atoms with Gasteiger partial charge in [0.15, 0.2) is 0 Å². The fourth-order valence-electron chi connectivity index (χ4n) is 1.89. The largest absolute Gasteiger partial charge is 0.383 e. The maximum absolute atomic E-state index is 13.4. The van der Waals surface area contributed by atoms with Gasteiger partial charge >= 0.3 is 0 Å². The van der Waals surface area contributed by atoms with E-state index in [0.29, 0.717) is 24.3 Å². The van der Waals surface area contributed by atoms with Crippen molar-refractivity contribution in [2.24, 2.45) is 5.73 Å². The van der Waals surface area contributed by atoms with Crippen LogP contribution in [0, 0.1) is 17.7 Å². The van der Waals surface area contributed by atoms with Crippen LogP contribution in [0.25, 0.3) is 0 Å². The topological polar surface area (TPSA) is 55.6 Å². The first kappa shape index (κ1) is 17.2. The van der Waals surface area contributed by atoms with Crippen LogP contribution >= 0.6 is 0 Å². The monoisotopic (exact) mass is 292 g/mol. The van der Waals surface area contributed by atoms with Crippen LogP contribution in [0.5, 0.6) is 0 Å². The Hall–Kier alpha value is -1.90. The lowest BCUT2D eigenvalue weighted by Crippen LogP contribution is -2.39. The quantitative estimate of drug-likeness (QED) is 0.839. The number of carbonyl (C=O) groups excluding carboxylic acids is 1. The Morgan fingerprint density at radius 2 is 2.19 bits per heavy atom. The predicted octanol–water partition coefficient (Wildman–Crippen LogP) is 1.63. The number of benzene rings is 1. The van der Waals surface area contributed by atoms with Crippen LogP contribution in [-0.4, -0.2) is 43.7 Å². The summed E-state index contributed by atoms with van der Waals surface area (Å²) in [5.41, 5.74) is 6.07. The van der Waals surface area contributed by atoms with Crippen molar-refractivity contribution in [3.05, 3.63) is 35.1 Å². The predicted molar refractivity (Wildman–Crippen MR) is 80.4 cm³/mol. The van der Waals surface area contributed by atoms with Gasteiger partial charge in [0.2, 0.25) is 0 Å². The molecule has 0 aliphatic heterocycles. The van der Waals surface area contributed by atoms with Gasteiger partial charge < -0.3 is 15.4 Å². The number of nitrogens with zero attached hydrogens (tertiary/aromatic N) is 1. The third-order valence-electron chi connectivity index (χ3n) is 2.96. The molecule has 1 amide bonds. The Morgan fingerprint density at radius 1 is 1.48 bits per heavy atom. The average molecular weight is 292 g/mol. The van der Waals surface area contributed by atoms with Crippen molar-refractivity contribution >= 4 is 5.91 Å². The molecule has 0 aliphatic carbocycles. The van der Waals surface area contributed by atoms with E-state index in [9.17, 15) is 9.18 Å². The van der Waals surface area contributed by atoms with Crippen molar-refractivity contribution in [2.45, 2.75) is 19.9 Å². The minimum atomic E-state index is -0.430. The van der Waals surface area contributed by atoms with Crippen molar-refractivity contribution in [3.63, 3.8) is 0 Å². The van der Waals surface area contributed by atoms with Crippen molar-refractivity contribution < 1.29 is 13.9 Å². The summed E-state index contributed by atoms with van der Waals surface area (Å²) in [6, 6.07) is 3.98. The normalized spacial score (nSPS) is 10.2. The molecule has 0 saturated carbocycles. The smallest absolute Gasteiger partial charge is 0.255 e. The number of ether oxygens (including phenoxy) is 1. The molecule has 2 N–H and O–H groups in total. The summed E-state index contributed by atoms with van der Waals surface area (Å²) in [6.45, 7) is 4.90. The summed E-state index contributed by atoms with van der Waals surface area (Å²) in [5, 5.41) is 0. The molecule has 5 heteroatoms. The third kappa shape index (κ3) is 4.85.